The minimum Gasteiger partial charge on any atom is -0.363 e. The molecule has 3 aromatic rings. The normalized spacial score (nSPS) is 13.9. The molecule has 1 aliphatic rings. The number of fused-ring (bicyclic) bond motifs is 3. The Morgan fingerprint density at radius 3 is 2.64 bits per heavy atom. The molecule has 0 spiro atoms. The van der Waals surface area contributed by atoms with Gasteiger partial charge in [0.2, 0.25) is 0 Å². The van der Waals surface area contributed by atoms with Crippen molar-refractivity contribution in [3.63, 3.8) is 0 Å². The van der Waals surface area contributed by atoms with Crippen LogP contribution in [0.25, 0.3) is 10.2 Å². The van der Waals surface area contributed by atoms with E-state index in [0.717, 1.165) is 42.7 Å². The van der Waals surface area contributed by atoms with Gasteiger partial charge in [0.25, 0.3) is 5.56 Å². The van der Waals surface area contributed by atoms with Crippen LogP contribution < -0.4 is 10.5 Å². The highest BCUT2D eigenvalue weighted by Gasteiger charge is 2.34. The summed E-state index contributed by atoms with van der Waals surface area (Å²) in [7, 11) is 4.77. The van der Waals surface area contributed by atoms with Crippen LogP contribution in [0.5, 0.6) is 0 Å². The molecule has 0 unspecified atom stereocenters. The molecule has 0 atom stereocenters. The first-order chi connectivity index (χ1) is 13.1. The van der Waals surface area contributed by atoms with Crippen LogP contribution in [0.15, 0.2) is 21.2 Å². The lowest BCUT2D eigenvalue weighted by Crippen LogP contribution is -2.20. The number of alkyl halides is 3. The lowest BCUT2D eigenvalue weighted by Gasteiger charge is -2.15. The van der Waals surface area contributed by atoms with E-state index in [4.69, 9.17) is 0 Å². The van der Waals surface area contributed by atoms with Crippen molar-refractivity contribution in [3.05, 3.63) is 32.6 Å². The molecule has 0 N–H and O–H groups in total. The van der Waals surface area contributed by atoms with Gasteiger partial charge >= 0.3 is 6.18 Å². The predicted octanol–water partition coefficient (Wildman–Crippen LogP) is 3.51. The fraction of sp³-hybridized carbons (Fsp3) is 0.412. The van der Waals surface area contributed by atoms with Gasteiger partial charge in [0.1, 0.15) is 10.6 Å². The van der Waals surface area contributed by atoms with Crippen LogP contribution in [-0.4, -0.2) is 33.6 Å². The number of nitrogens with zero attached hydrogens (tertiary/aromatic N) is 5. The van der Waals surface area contributed by atoms with Gasteiger partial charge in [-0.25, -0.2) is 15.0 Å². The van der Waals surface area contributed by atoms with Crippen LogP contribution in [0.4, 0.5) is 19.0 Å². The fourth-order valence-electron chi connectivity index (χ4n) is 3.11. The van der Waals surface area contributed by atoms with Gasteiger partial charge in [0.15, 0.2) is 16.0 Å². The number of aromatic nitrogens is 4. The van der Waals surface area contributed by atoms with Gasteiger partial charge in [0, 0.05) is 32.1 Å². The predicted molar refractivity (Wildman–Crippen MR) is 102 cm³/mol. The summed E-state index contributed by atoms with van der Waals surface area (Å²) in [6.45, 7) is 0. The molecule has 0 radical (unpaired) electrons. The summed E-state index contributed by atoms with van der Waals surface area (Å²) >= 11 is 2.34. The maximum atomic E-state index is 13.2. The van der Waals surface area contributed by atoms with Crippen molar-refractivity contribution in [1.29, 1.82) is 0 Å². The van der Waals surface area contributed by atoms with Crippen LogP contribution in [0, 0.1) is 0 Å². The Morgan fingerprint density at radius 1 is 1.21 bits per heavy atom. The summed E-state index contributed by atoms with van der Waals surface area (Å²) in [6, 6.07) is 0.892. The molecule has 0 bridgehead atoms. The third kappa shape index (κ3) is 3.26. The first-order valence-electron chi connectivity index (χ1n) is 8.48. The lowest BCUT2D eigenvalue weighted by atomic mass is 10.2. The fourth-order valence-corrected chi connectivity index (χ4v) is 5.22. The van der Waals surface area contributed by atoms with Crippen LogP contribution in [0.1, 0.15) is 22.6 Å². The summed E-state index contributed by atoms with van der Waals surface area (Å²) in [5, 5.41) is 0.786. The molecule has 0 fully saturated rings. The van der Waals surface area contributed by atoms with Gasteiger partial charge in [0.05, 0.1) is 5.39 Å². The highest BCUT2D eigenvalue weighted by atomic mass is 32.2. The van der Waals surface area contributed by atoms with E-state index in [1.807, 2.05) is 0 Å². The molecule has 148 valence electrons. The largest absolute Gasteiger partial charge is 0.433 e. The molecule has 0 saturated carbocycles. The van der Waals surface area contributed by atoms with E-state index in [0.29, 0.717) is 10.2 Å². The number of thiophene rings is 1. The van der Waals surface area contributed by atoms with E-state index in [-0.39, 0.29) is 21.7 Å². The molecular formula is C17H16F3N5OS2. The number of hydrogen-bond acceptors (Lipinski definition) is 7. The number of rotatable bonds is 3. The van der Waals surface area contributed by atoms with Gasteiger partial charge in [-0.05, 0) is 36.6 Å². The van der Waals surface area contributed by atoms with Gasteiger partial charge in [-0.1, -0.05) is 0 Å². The molecule has 0 saturated heterocycles. The third-order valence-corrected chi connectivity index (χ3v) is 6.63. The van der Waals surface area contributed by atoms with Gasteiger partial charge in [-0.15, -0.1) is 11.3 Å². The minimum atomic E-state index is -4.60. The molecular weight excluding hydrogens is 411 g/mol. The average Bonchev–Trinajstić information content (AvgIpc) is 3.19. The zero-order valence-corrected chi connectivity index (χ0v) is 16.9. The van der Waals surface area contributed by atoms with E-state index >= 15 is 0 Å². The zero-order valence-electron chi connectivity index (χ0n) is 15.3. The molecule has 3 aromatic heterocycles. The molecule has 28 heavy (non-hydrogen) atoms. The van der Waals surface area contributed by atoms with Crippen molar-refractivity contribution in [2.75, 3.05) is 19.0 Å². The number of anilines is 1. The van der Waals surface area contributed by atoms with E-state index in [2.05, 4.69) is 15.0 Å². The molecule has 0 aliphatic heterocycles. The summed E-state index contributed by atoms with van der Waals surface area (Å²) in [6.07, 6.45) is -1.77. The molecule has 3 heterocycles. The number of aryl methyl sites for hydroxylation is 2. The van der Waals surface area contributed by atoms with Crippen molar-refractivity contribution in [1.82, 2.24) is 19.5 Å². The van der Waals surface area contributed by atoms with Crippen LogP contribution in [0.3, 0.4) is 0 Å². The van der Waals surface area contributed by atoms with Gasteiger partial charge in [-0.2, -0.15) is 13.2 Å². The molecule has 0 aromatic carbocycles. The number of hydrogen-bond donors (Lipinski definition) is 0. The van der Waals surface area contributed by atoms with Crippen molar-refractivity contribution in [2.24, 2.45) is 7.05 Å². The van der Waals surface area contributed by atoms with Crippen molar-refractivity contribution in [3.8, 4) is 0 Å². The van der Waals surface area contributed by atoms with Gasteiger partial charge in [-0.3, -0.25) is 9.36 Å². The Balaban J connectivity index is 1.81. The SMILES string of the molecule is CN(C)c1cc(C(F)(F)F)nc(Sc2nc3sc4c(c3c(=O)n2C)CCC4)n1. The molecule has 4 rings (SSSR count). The van der Waals surface area contributed by atoms with Crippen LogP contribution in [0.2, 0.25) is 0 Å². The Bertz CT molecular complexity index is 1140. The highest BCUT2D eigenvalue weighted by Crippen LogP contribution is 2.37. The Morgan fingerprint density at radius 2 is 1.96 bits per heavy atom. The monoisotopic (exact) mass is 427 g/mol. The topological polar surface area (TPSA) is 63.9 Å². The summed E-state index contributed by atoms with van der Waals surface area (Å²) < 4.78 is 41.0. The van der Waals surface area contributed by atoms with E-state index in [1.54, 1.807) is 21.1 Å². The smallest absolute Gasteiger partial charge is 0.363 e. The van der Waals surface area contributed by atoms with E-state index < -0.39 is 11.9 Å². The quantitative estimate of drug-likeness (QED) is 0.596. The van der Waals surface area contributed by atoms with E-state index in [1.165, 1.54) is 25.7 Å². The van der Waals surface area contributed by atoms with Crippen molar-refractivity contribution >= 4 is 39.1 Å². The second-order valence-electron chi connectivity index (χ2n) is 6.68. The standard InChI is InChI=1S/C17H16F3N5OS2/c1-24(2)11-7-10(17(18,19)20)21-15(22-11)28-16-23-13-12(14(26)25(16)3)8-5-4-6-9(8)27-13/h7H,4-6H2,1-3H3. The van der Waals surface area contributed by atoms with E-state index in [9.17, 15) is 18.0 Å². The zero-order chi connectivity index (χ0) is 20.2. The number of halogens is 3. The first-order valence-corrected chi connectivity index (χ1v) is 10.1. The Hall–Kier alpha value is -2.14. The molecule has 6 nitrogen and oxygen atoms in total. The molecule has 0 amide bonds. The summed E-state index contributed by atoms with van der Waals surface area (Å²) in [4.78, 5) is 28.4. The van der Waals surface area contributed by atoms with Crippen molar-refractivity contribution < 1.29 is 13.2 Å². The van der Waals surface area contributed by atoms with Crippen LogP contribution in [-0.2, 0) is 26.1 Å². The molecule has 11 heteroatoms. The highest BCUT2D eigenvalue weighted by molar-refractivity contribution is 7.99. The first kappa shape index (κ1) is 19.2. The third-order valence-electron chi connectivity index (χ3n) is 4.53. The second kappa shape index (κ2) is 6.73. The maximum absolute atomic E-state index is 13.2. The second-order valence-corrected chi connectivity index (χ2v) is 8.70. The summed E-state index contributed by atoms with van der Waals surface area (Å²) in [5.74, 6) is 0.131. The molecule has 1 aliphatic carbocycles. The Labute approximate surface area is 166 Å². The Kier molecular flexibility index (Phi) is 4.61. The van der Waals surface area contributed by atoms with Crippen LogP contribution >= 0.6 is 23.1 Å². The minimum absolute atomic E-state index is 0.107. The summed E-state index contributed by atoms with van der Waals surface area (Å²) in [5.41, 5.74) is -0.156. The van der Waals surface area contributed by atoms with Gasteiger partial charge < -0.3 is 4.90 Å². The van der Waals surface area contributed by atoms with Crippen molar-refractivity contribution in [2.45, 2.75) is 35.8 Å². The lowest BCUT2D eigenvalue weighted by molar-refractivity contribution is -0.141. The maximum Gasteiger partial charge on any atom is 0.433 e. The average molecular weight is 427 g/mol.